The zero-order valence-electron chi connectivity index (χ0n) is 13.0. The molecule has 2 amide bonds. The quantitative estimate of drug-likeness (QED) is 0.927. The molecule has 0 saturated carbocycles. The molecule has 1 N–H and O–H groups in total. The minimum absolute atomic E-state index is 0.0132. The van der Waals surface area contributed by atoms with Crippen LogP contribution >= 0.6 is 0 Å². The number of hydrogen-bond acceptors (Lipinski definition) is 2. The predicted molar refractivity (Wildman–Crippen MR) is 89.5 cm³/mol. The lowest BCUT2D eigenvalue weighted by molar-refractivity contribution is -0.123. The number of rotatable bonds is 2. The first kappa shape index (κ1) is 14.0. The van der Waals surface area contributed by atoms with Gasteiger partial charge in [0.05, 0.1) is 5.92 Å². The monoisotopic (exact) mass is 306 g/mol. The van der Waals surface area contributed by atoms with Crippen LogP contribution in [-0.2, 0) is 16.0 Å². The molecule has 4 heteroatoms. The first-order valence-electron chi connectivity index (χ1n) is 7.95. The van der Waals surface area contributed by atoms with E-state index in [-0.39, 0.29) is 24.3 Å². The SMILES string of the molecule is C[C@H]1Cc2ccccc2N1C(=O)C[C@@H]1C(=O)Nc2ccccc21. The fraction of sp³-hybridized carbons (Fsp3) is 0.263. The highest BCUT2D eigenvalue weighted by Gasteiger charge is 2.36. The molecule has 4 nitrogen and oxygen atoms in total. The van der Waals surface area contributed by atoms with Gasteiger partial charge in [-0.25, -0.2) is 0 Å². The van der Waals surface area contributed by atoms with E-state index in [0.29, 0.717) is 0 Å². The van der Waals surface area contributed by atoms with Gasteiger partial charge in [-0.1, -0.05) is 36.4 Å². The summed E-state index contributed by atoms with van der Waals surface area (Å²) in [6.07, 6.45) is 1.08. The van der Waals surface area contributed by atoms with Crippen molar-refractivity contribution in [3.63, 3.8) is 0 Å². The van der Waals surface area contributed by atoms with E-state index >= 15 is 0 Å². The van der Waals surface area contributed by atoms with Crippen LogP contribution in [0.4, 0.5) is 11.4 Å². The smallest absolute Gasteiger partial charge is 0.232 e. The minimum Gasteiger partial charge on any atom is -0.325 e. The Balaban J connectivity index is 1.61. The molecule has 0 spiro atoms. The van der Waals surface area contributed by atoms with E-state index < -0.39 is 5.92 Å². The number of carbonyl (C=O) groups excluding carboxylic acids is 2. The van der Waals surface area contributed by atoms with Crippen molar-refractivity contribution >= 4 is 23.2 Å². The summed E-state index contributed by atoms with van der Waals surface area (Å²) in [6.45, 7) is 2.06. The number of para-hydroxylation sites is 2. The van der Waals surface area contributed by atoms with Gasteiger partial charge in [-0.05, 0) is 36.6 Å². The standard InChI is InChI=1S/C19H18N2O2/c1-12-10-13-6-2-5-9-17(13)21(12)18(22)11-15-14-7-3-4-8-16(14)20-19(15)23/h2-9,12,15H,10-11H2,1H3,(H,20,23)/t12-,15-/m0/s1. The lowest BCUT2D eigenvalue weighted by Gasteiger charge is -2.24. The third kappa shape index (κ3) is 2.22. The van der Waals surface area contributed by atoms with Gasteiger partial charge in [0.15, 0.2) is 0 Å². The predicted octanol–water partition coefficient (Wildman–Crippen LogP) is 3.09. The molecule has 0 radical (unpaired) electrons. The topological polar surface area (TPSA) is 49.4 Å². The number of benzene rings is 2. The van der Waals surface area contributed by atoms with E-state index in [1.807, 2.05) is 47.4 Å². The van der Waals surface area contributed by atoms with Crippen molar-refractivity contribution in [3.05, 3.63) is 59.7 Å². The average molecular weight is 306 g/mol. The third-order valence-electron chi connectivity index (χ3n) is 4.77. The van der Waals surface area contributed by atoms with E-state index in [1.54, 1.807) is 0 Å². The van der Waals surface area contributed by atoms with Crippen molar-refractivity contribution < 1.29 is 9.59 Å². The Labute approximate surface area is 135 Å². The number of nitrogens with zero attached hydrogens (tertiary/aromatic N) is 1. The number of fused-ring (bicyclic) bond motifs is 2. The summed E-state index contributed by atoms with van der Waals surface area (Å²) in [4.78, 5) is 27.0. The van der Waals surface area contributed by atoms with Crippen molar-refractivity contribution in [2.24, 2.45) is 0 Å². The molecule has 23 heavy (non-hydrogen) atoms. The van der Waals surface area contributed by atoms with Gasteiger partial charge in [-0.15, -0.1) is 0 Å². The van der Waals surface area contributed by atoms with Crippen molar-refractivity contribution in [1.82, 2.24) is 0 Å². The summed E-state index contributed by atoms with van der Waals surface area (Å²) in [6, 6.07) is 15.7. The van der Waals surface area contributed by atoms with Gasteiger partial charge in [-0.2, -0.15) is 0 Å². The highest BCUT2D eigenvalue weighted by atomic mass is 16.2. The van der Waals surface area contributed by atoms with Crippen LogP contribution in [0.25, 0.3) is 0 Å². The number of amides is 2. The van der Waals surface area contributed by atoms with Crippen LogP contribution in [0.5, 0.6) is 0 Å². The van der Waals surface area contributed by atoms with E-state index in [4.69, 9.17) is 0 Å². The Morgan fingerprint density at radius 2 is 1.91 bits per heavy atom. The molecule has 0 aromatic heterocycles. The van der Waals surface area contributed by atoms with Crippen LogP contribution in [0, 0.1) is 0 Å². The lowest BCUT2D eigenvalue weighted by Crippen LogP contribution is -2.37. The highest BCUT2D eigenvalue weighted by molar-refractivity contribution is 6.07. The molecule has 0 fully saturated rings. The third-order valence-corrected chi connectivity index (χ3v) is 4.77. The van der Waals surface area contributed by atoms with Crippen molar-refractivity contribution in [2.75, 3.05) is 10.2 Å². The largest absolute Gasteiger partial charge is 0.325 e. The summed E-state index contributed by atoms with van der Waals surface area (Å²) in [5.74, 6) is -0.461. The summed E-state index contributed by atoms with van der Waals surface area (Å²) in [5, 5.41) is 2.86. The Bertz CT molecular complexity index is 799. The first-order chi connectivity index (χ1) is 11.1. The normalized spacial score (nSPS) is 21.8. The molecule has 116 valence electrons. The maximum Gasteiger partial charge on any atom is 0.232 e. The van der Waals surface area contributed by atoms with E-state index in [0.717, 1.165) is 23.4 Å². The second kappa shape index (κ2) is 5.23. The van der Waals surface area contributed by atoms with Gasteiger partial charge < -0.3 is 10.2 Å². The average Bonchev–Trinajstić information content (AvgIpc) is 3.04. The summed E-state index contributed by atoms with van der Waals surface area (Å²) >= 11 is 0. The molecule has 2 heterocycles. The van der Waals surface area contributed by atoms with Gasteiger partial charge in [0.25, 0.3) is 0 Å². The van der Waals surface area contributed by atoms with Gasteiger partial charge in [0.2, 0.25) is 11.8 Å². The second-order valence-electron chi connectivity index (χ2n) is 6.28. The Morgan fingerprint density at radius 1 is 1.17 bits per heavy atom. The van der Waals surface area contributed by atoms with Gasteiger partial charge in [-0.3, -0.25) is 9.59 Å². The lowest BCUT2D eigenvalue weighted by atomic mass is 9.96. The number of hydrogen-bond donors (Lipinski definition) is 1. The fourth-order valence-corrected chi connectivity index (χ4v) is 3.70. The van der Waals surface area contributed by atoms with Gasteiger partial charge in [0, 0.05) is 23.8 Å². The molecule has 2 aromatic rings. The zero-order chi connectivity index (χ0) is 16.0. The van der Waals surface area contributed by atoms with Crippen molar-refractivity contribution in [2.45, 2.75) is 31.7 Å². The van der Waals surface area contributed by atoms with Crippen molar-refractivity contribution in [3.8, 4) is 0 Å². The molecule has 2 atom stereocenters. The molecular formula is C19H18N2O2. The van der Waals surface area contributed by atoms with E-state index in [1.165, 1.54) is 5.56 Å². The number of carbonyl (C=O) groups is 2. The van der Waals surface area contributed by atoms with E-state index in [2.05, 4.69) is 18.3 Å². The first-order valence-corrected chi connectivity index (χ1v) is 7.95. The Hall–Kier alpha value is -2.62. The molecule has 0 bridgehead atoms. The molecular weight excluding hydrogens is 288 g/mol. The summed E-state index contributed by atoms with van der Waals surface area (Å²) < 4.78 is 0. The van der Waals surface area contributed by atoms with Gasteiger partial charge >= 0.3 is 0 Å². The summed E-state index contributed by atoms with van der Waals surface area (Å²) in [5.41, 5.74) is 3.93. The Morgan fingerprint density at radius 3 is 2.78 bits per heavy atom. The van der Waals surface area contributed by atoms with Crippen LogP contribution in [0.3, 0.4) is 0 Å². The minimum atomic E-state index is -0.390. The van der Waals surface area contributed by atoms with Crippen LogP contribution < -0.4 is 10.2 Å². The van der Waals surface area contributed by atoms with Crippen LogP contribution in [0.2, 0.25) is 0 Å². The second-order valence-corrected chi connectivity index (χ2v) is 6.28. The van der Waals surface area contributed by atoms with Gasteiger partial charge in [0.1, 0.15) is 0 Å². The molecule has 4 rings (SSSR count). The Kier molecular flexibility index (Phi) is 3.18. The van der Waals surface area contributed by atoms with Crippen LogP contribution in [-0.4, -0.2) is 17.9 Å². The highest BCUT2D eigenvalue weighted by Crippen LogP contribution is 2.37. The maximum atomic E-state index is 12.9. The molecule has 2 aliphatic rings. The zero-order valence-corrected chi connectivity index (χ0v) is 13.0. The summed E-state index contributed by atoms with van der Waals surface area (Å²) in [7, 11) is 0. The number of nitrogens with one attached hydrogen (secondary N) is 1. The fourth-order valence-electron chi connectivity index (χ4n) is 3.70. The maximum absolute atomic E-state index is 12.9. The van der Waals surface area contributed by atoms with E-state index in [9.17, 15) is 9.59 Å². The molecule has 2 aromatic carbocycles. The number of anilines is 2. The molecule has 2 aliphatic heterocycles. The molecule has 0 saturated heterocycles. The van der Waals surface area contributed by atoms with Crippen molar-refractivity contribution in [1.29, 1.82) is 0 Å². The molecule has 0 unspecified atom stereocenters. The van der Waals surface area contributed by atoms with Crippen LogP contribution in [0.15, 0.2) is 48.5 Å². The molecule has 0 aliphatic carbocycles. The van der Waals surface area contributed by atoms with Crippen LogP contribution in [0.1, 0.15) is 30.4 Å².